The molecule has 1 aromatic carbocycles. The van der Waals surface area contributed by atoms with Crippen LogP contribution < -0.4 is 0 Å². The maximum absolute atomic E-state index is 12.8. The summed E-state index contributed by atoms with van der Waals surface area (Å²) in [5.74, 6) is -0.928. The standard InChI is InChI=1S/C20H29NO4/c1-4-14-21(18(24)25-15-16-10-6-5-7-11-16)20(17(22)23)13-9-8-12-19(20,2)3/h5-7,10-11H,4,8-9,12-15H2,1-3H3,(H,22,23). The lowest BCUT2D eigenvalue weighted by atomic mass is 9.62. The molecule has 2 rings (SSSR count). The number of carbonyl (C=O) groups excluding carboxylic acids is 1. The number of carbonyl (C=O) groups is 2. The first-order valence-corrected chi connectivity index (χ1v) is 9.07. The van der Waals surface area contributed by atoms with Crippen LogP contribution in [0.5, 0.6) is 0 Å². The van der Waals surface area contributed by atoms with E-state index < -0.39 is 23.0 Å². The quantitative estimate of drug-likeness (QED) is 0.825. The van der Waals surface area contributed by atoms with Gasteiger partial charge in [-0.1, -0.05) is 63.9 Å². The van der Waals surface area contributed by atoms with E-state index in [1.807, 2.05) is 51.1 Å². The van der Waals surface area contributed by atoms with Gasteiger partial charge < -0.3 is 9.84 Å². The van der Waals surface area contributed by atoms with Crippen molar-refractivity contribution in [2.75, 3.05) is 6.54 Å². The molecular weight excluding hydrogens is 318 g/mol. The molecule has 0 spiro atoms. The Kier molecular flexibility index (Phi) is 6.09. The second kappa shape index (κ2) is 7.89. The number of rotatable bonds is 6. The first-order valence-electron chi connectivity index (χ1n) is 9.07. The molecule has 1 aromatic rings. The molecule has 1 amide bonds. The van der Waals surface area contributed by atoms with Crippen LogP contribution in [0.1, 0.15) is 58.4 Å². The molecule has 0 saturated heterocycles. The number of benzene rings is 1. The second-order valence-electron chi connectivity index (χ2n) is 7.45. The molecule has 25 heavy (non-hydrogen) atoms. The van der Waals surface area contributed by atoms with Crippen molar-refractivity contribution in [1.29, 1.82) is 0 Å². The van der Waals surface area contributed by atoms with Gasteiger partial charge in [-0.3, -0.25) is 4.90 Å². The molecule has 5 heteroatoms. The molecule has 1 fully saturated rings. The third-order valence-corrected chi connectivity index (χ3v) is 5.40. The van der Waals surface area contributed by atoms with Crippen molar-refractivity contribution in [3.63, 3.8) is 0 Å². The average Bonchev–Trinajstić information content (AvgIpc) is 2.58. The van der Waals surface area contributed by atoms with Crippen LogP contribution in [0.4, 0.5) is 4.79 Å². The van der Waals surface area contributed by atoms with E-state index in [2.05, 4.69) is 0 Å². The van der Waals surface area contributed by atoms with Crippen molar-refractivity contribution in [2.24, 2.45) is 5.41 Å². The number of aliphatic carboxylic acids is 1. The van der Waals surface area contributed by atoms with E-state index >= 15 is 0 Å². The van der Waals surface area contributed by atoms with E-state index in [0.29, 0.717) is 19.4 Å². The van der Waals surface area contributed by atoms with E-state index in [4.69, 9.17) is 4.74 Å². The minimum Gasteiger partial charge on any atom is -0.479 e. The van der Waals surface area contributed by atoms with E-state index in [1.54, 1.807) is 0 Å². The van der Waals surface area contributed by atoms with Crippen LogP contribution in [0.2, 0.25) is 0 Å². The van der Waals surface area contributed by atoms with Gasteiger partial charge in [-0.05, 0) is 30.2 Å². The molecule has 1 aliphatic carbocycles. The molecule has 0 aliphatic heterocycles. The first-order chi connectivity index (χ1) is 11.8. The molecule has 0 radical (unpaired) electrons. The number of hydrogen-bond acceptors (Lipinski definition) is 3. The van der Waals surface area contributed by atoms with Crippen molar-refractivity contribution in [3.05, 3.63) is 35.9 Å². The highest BCUT2D eigenvalue weighted by Crippen LogP contribution is 2.48. The van der Waals surface area contributed by atoms with Crippen LogP contribution in [0.15, 0.2) is 30.3 Å². The highest BCUT2D eigenvalue weighted by atomic mass is 16.6. The minimum atomic E-state index is -1.21. The van der Waals surface area contributed by atoms with E-state index in [1.165, 1.54) is 4.90 Å². The molecule has 0 bridgehead atoms. The van der Waals surface area contributed by atoms with Gasteiger partial charge >= 0.3 is 12.1 Å². The predicted octanol–water partition coefficient (Wildman–Crippen LogP) is 4.46. The molecule has 0 aromatic heterocycles. The van der Waals surface area contributed by atoms with Crippen LogP contribution in [-0.4, -0.2) is 34.2 Å². The van der Waals surface area contributed by atoms with Crippen LogP contribution >= 0.6 is 0 Å². The maximum atomic E-state index is 12.8. The fourth-order valence-corrected chi connectivity index (χ4v) is 3.96. The van der Waals surface area contributed by atoms with Gasteiger partial charge in [0.15, 0.2) is 0 Å². The molecule has 1 unspecified atom stereocenters. The van der Waals surface area contributed by atoms with Gasteiger partial charge in [-0.2, -0.15) is 0 Å². The fourth-order valence-electron chi connectivity index (χ4n) is 3.96. The van der Waals surface area contributed by atoms with Crippen LogP contribution in [-0.2, 0) is 16.1 Å². The summed E-state index contributed by atoms with van der Waals surface area (Å²) in [5.41, 5.74) is -0.827. The molecule has 5 nitrogen and oxygen atoms in total. The Morgan fingerprint density at radius 3 is 2.36 bits per heavy atom. The Morgan fingerprint density at radius 1 is 1.16 bits per heavy atom. The van der Waals surface area contributed by atoms with Gasteiger partial charge in [0.1, 0.15) is 12.1 Å². The third kappa shape index (κ3) is 3.80. The summed E-state index contributed by atoms with van der Waals surface area (Å²) in [7, 11) is 0. The molecular formula is C20H29NO4. The number of carboxylic acid groups (broad SMARTS) is 1. The molecule has 1 N–H and O–H groups in total. The lowest BCUT2D eigenvalue weighted by Gasteiger charge is -2.52. The number of ether oxygens (including phenoxy) is 1. The van der Waals surface area contributed by atoms with Crippen LogP contribution in [0.25, 0.3) is 0 Å². The largest absolute Gasteiger partial charge is 0.479 e. The first kappa shape index (κ1) is 19.3. The number of carboxylic acids is 1. The van der Waals surface area contributed by atoms with Gasteiger partial charge in [-0.15, -0.1) is 0 Å². The molecule has 0 heterocycles. The van der Waals surface area contributed by atoms with E-state index in [0.717, 1.165) is 24.8 Å². The lowest BCUT2D eigenvalue weighted by Crippen LogP contribution is -2.66. The van der Waals surface area contributed by atoms with Gasteiger partial charge in [0.2, 0.25) is 0 Å². The van der Waals surface area contributed by atoms with Crippen molar-refractivity contribution in [1.82, 2.24) is 4.90 Å². The van der Waals surface area contributed by atoms with Crippen molar-refractivity contribution >= 4 is 12.1 Å². The molecule has 1 atom stereocenters. The Balaban J connectivity index is 2.26. The number of amides is 1. The molecule has 1 saturated carbocycles. The summed E-state index contributed by atoms with van der Waals surface area (Å²) in [6, 6.07) is 9.44. The van der Waals surface area contributed by atoms with Gasteiger partial charge in [-0.25, -0.2) is 9.59 Å². The van der Waals surface area contributed by atoms with Gasteiger partial charge in [0, 0.05) is 6.54 Å². The topological polar surface area (TPSA) is 66.8 Å². The van der Waals surface area contributed by atoms with E-state index in [-0.39, 0.29) is 6.61 Å². The van der Waals surface area contributed by atoms with Gasteiger partial charge in [0.05, 0.1) is 0 Å². The highest BCUT2D eigenvalue weighted by Gasteiger charge is 2.58. The lowest BCUT2D eigenvalue weighted by molar-refractivity contribution is -0.164. The highest BCUT2D eigenvalue weighted by molar-refractivity contribution is 5.85. The van der Waals surface area contributed by atoms with Crippen molar-refractivity contribution in [2.45, 2.75) is 65.0 Å². The summed E-state index contributed by atoms with van der Waals surface area (Å²) in [4.78, 5) is 26.7. The zero-order valence-corrected chi connectivity index (χ0v) is 15.5. The summed E-state index contributed by atoms with van der Waals surface area (Å²) in [6.07, 6.45) is 3.19. The monoisotopic (exact) mass is 347 g/mol. The van der Waals surface area contributed by atoms with Crippen LogP contribution in [0.3, 0.4) is 0 Å². The summed E-state index contributed by atoms with van der Waals surface area (Å²) < 4.78 is 5.49. The summed E-state index contributed by atoms with van der Waals surface area (Å²) >= 11 is 0. The zero-order chi connectivity index (χ0) is 18.5. The minimum absolute atomic E-state index is 0.149. The normalized spacial score (nSPS) is 22.2. The van der Waals surface area contributed by atoms with Crippen molar-refractivity contribution in [3.8, 4) is 0 Å². The Morgan fingerprint density at radius 2 is 1.80 bits per heavy atom. The fraction of sp³-hybridized carbons (Fsp3) is 0.600. The second-order valence-corrected chi connectivity index (χ2v) is 7.45. The predicted molar refractivity (Wildman–Crippen MR) is 96.2 cm³/mol. The maximum Gasteiger partial charge on any atom is 0.411 e. The number of nitrogens with zero attached hydrogens (tertiary/aromatic N) is 1. The Hall–Kier alpha value is -2.04. The Labute approximate surface area is 150 Å². The summed E-state index contributed by atoms with van der Waals surface area (Å²) in [6.45, 7) is 6.38. The molecule has 138 valence electrons. The van der Waals surface area contributed by atoms with Crippen LogP contribution in [0, 0.1) is 5.41 Å². The average molecular weight is 347 g/mol. The van der Waals surface area contributed by atoms with Crippen molar-refractivity contribution < 1.29 is 19.4 Å². The zero-order valence-electron chi connectivity index (χ0n) is 15.5. The van der Waals surface area contributed by atoms with Gasteiger partial charge in [0.25, 0.3) is 0 Å². The number of hydrogen-bond donors (Lipinski definition) is 1. The Bertz CT molecular complexity index is 599. The van der Waals surface area contributed by atoms with E-state index in [9.17, 15) is 14.7 Å². The SMILES string of the molecule is CCCN(C(=O)OCc1ccccc1)C1(C(=O)O)CCCCC1(C)C. The third-order valence-electron chi connectivity index (χ3n) is 5.40. The molecule has 1 aliphatic rings. The smallest absolute Gasteiger partial charge is 0.411 e. The summed E-state index contributed by atoms with van der Waals surface area (Å²) in [5, 5.41) is 10.1.